The molecule has 9 heteroatoms. The lowest BCUT2D eigenvalue weighted by atomic mass is 10.2. The van der Waals surface area contributed by atoms with Crippen LogP contribution in [0.25, 0.3) is 0 Å². The first-order valence-electron chi connectivity index (χ1n) is 6.84. The first-order chi connectivity index (χ1) is 11.8. The van der Waals surface area contributed by atoms with Gasteiger partial charge in [0, 0.05) is 5.56 Å². The molecule has 0 radical (unpaired) electrons. The monoisotopic (exact) mass is 392 g/mol. The predicted molar refractivity (Wildman–Crippen MR) is 92.2 cm³/mol. The summed E-state index contributed by atoms with van der Waals surface area (Å²) in [5.41, 5.74) is 2.73. The molecule has 0 spiro atoms. The van der Waals surface area contributed by atoms with Gasteiger partial charge in [-0.1, -0.05) is 23.2 Å². The van der Waals surface area contributed by atoms with Gasteiger partial charge in [0.05, 0.1) is 36.7 Å². The van der Waals surface area contributed by atoms with Gasteiger partial charge in [-0.3, -0.25) is 5.43 Å². The number of alkyl halides is 3. The van der Waals surface area contributed by atoms with Crippen LogP contribution in [0.4, 0.5) is 18.9 Å². The van der Waals surface area contributed by atoms with E-state index in [1.165, 1.54) is 32.6 Å². The summed E-state index contributed by atoms with van der Waals surface area (Å²) >= 11 is 12.2. The molecule has 0 saturated carbocycles. The van der Waals surface area contributed by atoms with Gasteiger partial charge in [0.1, 0.15) is 10.8 Å². The molecule has 0 bridgehead atoms. The number of nitrogens with one attached hydrogen (secondary N) is 1. The van der Waals surface area contributed by atoms with Crippen molar-refractivity contribution in [3.8, 4) is 11.5 Å². The van der Waals surface area contributed by atoms with Crippen molar-refractivity contribution in [2.45, 2.75) is 6.18 Å². The van der Waals surface area contributed by atoms with E-state index < -0.39 is 11.7 Å². The van der Waals surface area contributed by atoms with Crippen LogP contribution < -0.4 is 14.9 Å². The third-order valence-corrected chi connectivity index (χ3v) is 3.80. The molecule has 0 heterocycles. The quantitative estimate of drug-likeness (QED) is 0.541. The third kappa shape index (κ3) is 4.49. The molecule has 25 heavy (non-hydrogen) atoms. The van der Waals surface area contributed by atoms with Crippen molar-refractivity contribution in [1.82, 2.24) is 0 Å². The minimum atomic E-state index is -4.38. The first-order valence-corrected chi connectivity index (χ1v) is 7.59. The number of halogens is 5. The highest BCUT2D eigenvalue weighted by molar-refractivity contribution is 6.38. The van der Waals surface area contributed by atoms with E-state index in [0.717, 1.165) is 12.1 Å². The highest BCUT2D eigenvalue weighted by Gasteiger charge is 2.29. The lowest BCUT2D eigenvalue weighted by molar-refractivity contribution is -0.137. The van der Waals surface area contributed by atoms with Gasteiger partial charge in [0.15, 0.2) is 5.75 Å². The van der Waals surface area contributed by atoms with Gasteiger partial charge in [0.2, 0.25) is 0 Å². The summed E-state index contributed by atoms with van der Waals surface area (Å²) in [4.78, 5) is 0. The summed E-state index contributed by atoms with van der Waals surface area (Å²) in [6.45, 7) is 0. The van der Waals surface area contributed by atoms with Gasteiger partial charge >= 0.3 is 6.18 Å². The van der Waals surface area contributed by atoms with E-state index in [1.807, 2.05) is 0 Å². The zero-order valence-electron chi connectivity index (χ0n) is 13.1. The SMILES string of the molecule is COc1c(Cl)cc(C=NNc2ccc(C(F)(F)F)cc2)c(OC)c1Cl. The lowest BCUT2D eigenvalue weighted by Gasteiger charge is -2.12. The molecule has 2 rings (SSSR count). The van der Waals surface area contributed by atoms with E-state index in [1.54, 1.807) is 6.07 Å². The van der Waals surface area contributed by atoms with Crippen molar-refractivity contribution < 1.29 is 22.6 Å². The molecule has 0 saturated heterocycles. The van der Waals surface area contributed by atoms with Gasteiger partial charge in [-0.15, -0.1) is 0 Å². The lowest BCUT2D eigenvalue weighted by Crippen LogP contribution is -2.04. The molecule has 0 amide bonds. The van der Waals surface area contributed by atoms with E-state index in [2.05, 4.69) is 10.5 Å². The average molecular weight is 393 g/mol. The fourth-order valence-electron chi connectivity index (χ4n) is 2.00. The molecule has 134 valence electrons. The van der Waals surface area contributed by atoms with E-state index in [9.17, 15) is 13.2 Å². The number of methoxy groups -OCH3 is 2. The maximum absolute atomic E-state index is 12.5. The summed E-state index contributed by atoms with van der Waals surface area (Å²) in [6, 6.07) is 6.00. The maximum atomic E-state index is 12.5. The number of rotatable bonds is 5. The second kappa shape index (κ2) is 7.84. The molecule has 0 aliphatic heterocycles. The highest BCUT2D eigenvalue weighted by atomic mass is 35.5. The molecule has 2 aromatic rings. The van der Waals surface area contributed by atoms with Crippen LogP contribution in [0, 0.1) is 0 Å². The van der Waals surface area contributed by atoms with E-state index in [0.29, 0.717) is 17.0 Å². The zero-order chi connectivity index (χ0) is 18.6. The van der Waals surface area contributed by atoms with Crippen LogP contribution in [-0.2, 0) is 6.18 Å². The van der Waals surface area contributed by atoms with Gasteiger partial charge in [-0.2, -0.15) is 18.3 Å². The van der Waals surface area contributed by atoms with Gasteiger partial charge in [-0.05, 0) is 30.3 Å². The molecule has 0 aliphatic rings. The number of hydrogen-bond donors (Lipinski definition) is 1. The summed E-state index contributed by atoms with van der Waals surface area (Å²) in [5, 5.41) is 4.41. The average Bonchev–Trinajstić information content (AvgIpc) is 2.55. The fraction of sp³-hybridized carbons (Fsp3) is 0.188. The molecule has 0 unspecified atom stereocenters. The normalized spacial score (nSPS) is 11.6. The number of anilines is 1. The Morgan fingerprint density at radius 2 is 1.64 bits per heavy atom. The summed E-state index contributed by atoms with van der Waals surface area (Å²) < 4.78 is 47.8. The van der Waals surface area contributed by atoms with Crippen LogP contribution in [0.5, 0.6) is 11.5 Å². The summed E-state index contributed by atoms with van der Waals surface area (Å²) in [5.74, 6) is 0.578. The highest BCUT2D eigenvalue weighted by Crippen LogP contribution is 2.41. The molecule has 0 fully saturated rings. The topological polar surface area (TPSA) is 42.8 Å². The van der Waals surface area contributed by atoms with Gasteiger partial charge in [0.25, 0.3) is 0 Å². The number of hydrazone groups is 1. The van der Waals surface area contributed by atoms with Crippen LogP contribution in [0.3, 0.4) is 0 Å². The Kier molecular flexibility index (Phi) is 6.02. The molecule has 0 aromatic heterocycles. The molecular formula is C16H13Cl2F3N2O2. The molecule has 1 N–H and O–H groups in total. The van der Waals surface area contributed by atoms with E-state index in [-0.39, 0.29) is 15.8 Å². The van der Waals surface area contributed by atoms with Crippen LogP contribution in [0.2, 0.25) is 10.0 Å². The van der Waals surface area contributed by atoms with Crippen LogP contribution in [-0.4, -0.2) is 20.4 Å². The van der Waals surface area contributed by atoms with Crippen LogP contribution >= 0.6 is 23.2 Å². The number of hydrogen-bond acceptors (Lipinski definition) is 4. The summed E-state index contributed by atoms with van der Waals surface area (Å²) in [7, 11) is 2.85. The molecule has 0 aliphatic carbocycles. The second-order valence-electron chi connectivity index (χ2n) is 4.77. The van der Waals surface area contributed by atoms with Crippen molar-refractivity contribution in [1.29, 1.82) is 0 Å². The Morgan fingerprint density at radius 3 is 2.16 bits per heavy atom. The largest absolute Gasteiger partial charge is 0.494 e. The van der Waals surface area contributed by atoms with Gasteiger partial charge < -0.3 is 9.47 Å². The zero-order valence-corrected chi connectivity index (χ0v) is 14.6. The molecule has 4 nitrogen and oxygen atoms in total. The standard InChI is InChI=1S/C16H13Cl2F3N2O2/c1-24-14-9(7-12(17)15(25-2)13(14)18)8-22-23-11-5-3-10(4-6-11)16(19,20)21/h3-8,23H,1-2H3. The van der Waals surface area contributed by atoms with Crippen molar-refractivity contribution in [3.63, 3.8) is 0 Å². The molecule has 2 aromatic carbocycles. The second-order valence-corrected chi connectivity index (χ2v) is 5.56. The smallest absolute Gasteiger partial charge is 0.416 e. The van der Waals surface area contributed by atoms with Crippen molar-refractivity contribution in [2.24, 2.45) is 5.10 Å². The van der Waals surface area contributed by atoms with E-state index in [4.69, 9.17) is 32.7 Å². The Hall–Kier alpha value is -2.12. The first kappa shape index (κ1) is 19.2. The van der Waals surface area contributed by atoms with Crippen LogP contribution in [0.1, 0.15) is 11.1 Å². The Bertz CT molecular complexity index is 778. The minimum absolute atomic E-state index is 0.188. The van der Waals surface area contributed by atoms with Crippen molar-refractivity contribution in [3.05, 3.63) is 51.5 Å². The van der Waals surface area contributed by atoms with Gasteiger partial charge in [-0.25, -0.2) is 0 Å². The predicted octanol–water partition coefficient (Wildman–Crippen LogP) is 5.48. The van der Waals surface area contributed by atoms with Crippen molar-refractivity contribution >= 4 is 35.1 Å². The number of nitrogens with zero attached hydrogens (tertiary/aromatic N) is 1. The Labute approximate surface area is 152 Å². The maximum Gasteiger partial charge on any atom is 0.416 e. The Balaban J connectivity index is 2.20. The minimum Gasteiger partial charge on any atom is -0.494 e. The fourth-order valence-corrected chi connectivity index (χ4v) is 2.71. The molecule has 0 atom stereocenters. The third-order valence-electron chi connectivity index (χ3n) is 3.18. The Morgan fingerprint density at radius 1 is 1.04 bits per heavy atom. The number of benzene rings is 2. The van der Waals surface area contributed by atoms with Crippen molar-refractivity contribution in [2.75, 3.05) is 19.6 Å². The molecular weight excluding hydrogens is 380 g/mol. The van der Waals surface area contributed by atoms with Crippen LogP contribution in [0.15, 0.2) is 35.4 Å². The van der Waals surface area contributed by atoms with E-state index >= 15 is 0 Å². The summed E-state index contributed by atoms with van der Waals surface area (Å²) in [6.07, 6.45) is -3.00. The number of ether oxygens (including phenoxy) is 2.